The summed E-state index contributed by atoms with van der Waals surface area (Å²) in [5, 5.41) is 12.5. The minimum Gasteiger partial charge on any atom is -0.496 e. The summed E-state index contributed by atoms with van der Waals surface area (Å²) < 4.78 is 7.49. The largest absolute Gasteiger partial charge is 0.496 e. The first-order valence-corrected chi connectivity index (χ1v) is 6.18. The van der Waals surface area contributed by atoms with Gasteiger partial charge >= 0.3 is 0 Å². The van der Waals surface area contributed by atoms with Gasteiger partial charge in [-0.1, -0.05) is 12.1 Å². The predicted octanol–water partition coefficient (Wildman–Crippen LogP) is 1.53. The number of nitrogens with zero attached hydrogens (tertiary/aromatic N) is 3. The number of ether oxygens (including phenoxy) is 1. The van der Waals surface area contributed by atoms with Gasteiger partial charge in [-0.25, -0.2) is 4.98 Å². The second kappa shape index (κ2) is 4.75. The average molecular weight is 254 g/mol. The summed E-state index contributed by atoms with van der Waals surface area (Å²) in [7, 11) is 1.64. The summed E-state index contributed by atoms with van der Waals surface area (Å²) >= 11 is 0. The standard InChI is InChI=1S/C14H14N4O/c1-19-13-5-3-2-4-10(13)14-17-11(8-15)12-9-16-6-7-18(12)14/h2-5,16H,6-7,9H2,1H3. The molecule has 19 heavy (non-hydrogen) atoms. The molecule has 1 aromatic carbocycles. The van der Waals surface area contributed by atoms with Gasteiger partial charge in [0.2, 0.25) is 0 Å². The Kier molecular flexibility index (Phi) is 2.94. The van der Waals surface area contributed by atoms with Crippen LogP contribution in [0.2, 0.25) is 0 Å². The molecule has 1 N–H and O–H groups in total. The SMILES string of the molecule is COc1ccccc1-c1nc(C#N)c2n1CCNC2. The zero-order valence-corrected chi connectivity index (χ0v) is 10.7. The lowest BCUT2D eigenvalue weighted by Crippen LogP contribution is -2.28. The molecule has 5 nitrogen and oxygen atoms in total. The third-order valence-corrected chi connectivity index (χ3v) is 3.33. The van der Waals surface area contributed by atoms with Crippen molar-refractivity contribution in [2.75, 3.05) is 13.7 Å². The maximum Gasteiger partial charge on any atom is 0.163 e. The number of methoxy groups -OCH3 is 1. The number of nitriles is 1. The summed E-state index contributed by atoms with van der Waals surface area (Å²) in [5.74, 6) is 1.59. The quantitative estimate of drug-likeness (QED) is 0.883. The number of hydrogen-bond acceptors (Lipinski definition) is 4. The lowest BCUT2D eigenvalue weighted by molar-refractivity contribution is 0.415. The van der Waals surface area contributed by atoms with Crippen LogP contribution < -0.4 is 10.1 Å². The van der Waals surface area contributed by atoms with Crippen molar-refractivity contribution in [1.29, 1.82) is 5.26 Å². The predicted molar refractivity (Wildman–Crippen MR) is 70.6 cm³/mol. The first kappa shape index (κ1) is 11.8. The van der Waals surface area contributed by atoms with Crippen molar-refractivity contribution in [3.8, 4) is 23.2 Å². The van der Waals surface area contributed by atoms with Gasteiger partial charge in [0, 0.05) is 19.6 Å². The molecule has 1 aliphatic rings. The highest BCUT2D eigenvalue weighted by Gasteiger charge is 2.22. The van der Waals surface area contributed by atoms with Crippen LogP contribution in [0.25, 0.3) is 11.4 Å². The lowest BCUT2D eigenvalue weighted by atomic mass is 10.2. The van der Waals surface area contributed by atoms with Crippen molar-refractivity contribution >= 4 is 0 Å². The lowest BCUT2D eigenvalue weighted by Gasteiger charge is -2.18. The Morgan fingerprint density at radius 1 is 1.42 bits per heavy atom. The number of para-hydroxylation sites is 1. The van der Waals surface area contributed by atoms with Gasteiger partial charge in [0.25, 0.3) is 0 Å². The van der Waals surface area contributed by atoms with Gasteiger partial charge in [0.1, 0.15) is 17.6 Å². The van der Waals surface area contributed by atoms with E-state index in [4.69, 9.17) is 4.74 Å². The highest BCUT2D eigenvalue weighted by molar-refractivity contribution is 5.66. The van der Waals surface area contributed by atoms with E-state index in [9.17, 15) is 5.26 Å². The second-order valence-corrected chi connectivity index (χ2v) is 4.37. The Balaban J connectivity index is 2.21. The van der Waals surface area contributed by atoms with Crippen LogP contribution in [-0.4, -0.2) is 23.2 Å². The van der Waals surface area contributed by atoms with Crippen molar-refractivity contribution in [1.82, 2.24) is 14.9 Å². The summed E-state index contributed by atoms with van der Waals surface area (Å²) in [6, 6.07) is 9.92. The minimum atomic E-state index is 0.494. The molecular formula is C14H14N4O. The molecule has 0 amide bonds. The molecule has 5 heteroatoms. The van der Waals surface area contributed by atoms with E-state index >= 15 is 0 Å². The fourth-order valence-electron chi connectivity index (χ4n) is 2.43. The zero-order chi connectivity index (χ0) is 13.2. The molecule has 0 aliphatic carbocycles. The van der Waals surface area contributed by atoms with Gasteiger partial charge in [0.15, 0.2) is 5.69 Å². The molecule has 0 atom stereocenters. The van der Waals surface area contributed by atoms with Crippen molar-refractivity contribution in [3.05, 3.63) is 35.7 Å². The van der Waals surface area contributed by atoms with Crippen molar-refractivity contribution in [3.63, 3.8) is 0 Å². The van der Waals surface area contributed by atoms with E-state index in [1.165, 1.54) is 0 Å². The summed E-state index contributed by atoms with van der Waals surface area (Å²) in [4.78, 5) is 4.47. The maximum absolute atomic E-state index is 9.20. The Bertz CT molecular complexity index is 654. The Labute approximate surface area is 111 Å². The molecule has 96 valence electrons. The molecule has 0 radical (unpaired) electrons. The summed E-state index contributed by atoms with van der Waals surface area (Å²) in [6.45, 7) is 2.39. The minimum absolute atomic E-state index is 0.494. The van der Waals surface area contributed by atoms with E-state index in [0.717, 1.165) is 35.9 Å². The molecule has 0 saturated carbocycles. The van der Waals surface area contributed by atoms with E-state index in [0.29, 0.717) is 12.2 Å². The third-order valence-electron chi connectivity index (χ3n) is 3.33. The number of rotatable bonds is 2. The first-order valence-electron chi connectivity index (χ1n) is 6.18. The van der Waals surface area contributed by atoms with E-state index in [1.54, 1.807) is 7.11 Å². The number of hydrogen-bond donors (Lipinski definition) is 1. The molecule has 2 aromatic rings. The molecule has 0 saturated heterocycles. The number of benzene rings is 1. The molecule has 0 unspecified atom stereocenters. The number of fused-ring (bicyclic) bond motifs is 1. The first-order chi connectivity index (χ1) is 9.35. The summed E-state index contributed by atoms with van der Waals surface area (Å²) in [6.07, 6.45) is 0. The molecular weight excluding hydrogens is 240 g/mol. The molecule has 1 aromatic heterocycles. The van der Waals surface area contributed by atoms with Crippen LogP contribution >= 0.6 is 0 Å². The van der Waals surface area contributed by atoms with Crippen LogP contribution in [0.4, 0.5) is 0 Å². The molecule has 0 spiro atoms. The smallest absolute Gasteiger partial charge is 0.163 e. The van der Waals surface area contributed by atoms with E-state index in [2.05, 4.69) is 20.9 Å². The van der Waals surface area contributed by atoms with E-state index in [1.807, 2.05) is 24.3 Å². The molecule has 3 rings (SSSR count). The third kappa shape index (κ3) is 1.86. The van der Waals surface area contributed by atoms with Crippen LogP contribution in [0.5, 0.6) is 5.75 Å². The van der Waals surface area contributed by atoms with Gasteiger partial charge in [0.05, 0.1) is 18.4 Å². The van der Waals surface area contributed by atoms with Gasteiger partial charge in [-0.2, -0.15) is 5.26 Å². The highest BCUT2D eigenvalue weighted by atomic mass is 16.5. The van der Waals surface area contributed by atoms with E-state index < -0.39 is 0 Å². The molecule has 2 heterocycles. The highest BCUT2D eigenvalue weighted by Crippen LogP contribution is 2.31. The van der Waals surface area contributed by atoms with E-state index in [-0.39, 0.29) is 0 Å². The maximum atomic E-state index is 9.20. The van der Waals surface area contributed by atoms with Crippen molar-refractivity contribution in [2.45, 2.75) is 13.1 Å². The van der Waals surface area contributed by atoms with Crippen LogP contribution in [0.1, 0.15) is 11.4 Å². The number of aromatic nitrogens is 2. The van der Waals surface area contributed by atoms with Gasteiger partial charge < -0.3 is 14.6 Å². The number of imidazole rings is 1. The normalized spacial score (nSPS) is 13.7. The Hall–Kier alpha value is -2.32. The van der Waals surface area contributed by atoms with Gasteiger partial charge in [-0.15, -0.1) is 0 Å². The van der Waals surface area contributed by atoms with Crippen molar-refractivity contribution < 1.29 is 4.74 Å². The van der Waals surface area contributed by atoms with Crippen molar-refractivity contribution in [2.24, 2.45) is 0 Å². The van der Waals surface area contributed by atoms with Crippen LogP contribution in [0.15, 0.2) is 24.3 Å². The van der Waals surface area contributed by atoms with Gasteiger partial charge in [-0.3, -0.25) is 0 Å². The van der Waals surface area contributed by atoms with Crippen LogP contribution in [0, 0.1) is 11.3 Å². The van der Waals surface area contributed by atoms with Crippen LogP contribution in [-0.2, 0) is 13.1 Å². The summed E-state index contributed by atoms with van der Waals surface area (Å²) in [5.41, 5.74) is 2.37. The second-order valence-electron chi connectivity index (χ2n) is 4.37. The molecule has 0 fully saturated rings. The number of nitrogens with one attached hydrogen (secondary N) is 1. The monoisotopic (exact) mass is 254 g/mol. The fraction of sp³-hybridized carbons (Fsp3) is 0.286. The Morgan fingerprint density at radius 2 is 2.26 bits per heavy atom. The average Bonchev–Trinajstić information content (AvgIpc) is 2.86. The topological polar surface area (TPSA) is 62.9 Å². The molecule has 1 aliphatic heterocycles. The fourth-order valence-corrected chi connectivity index (χ4v) is 2.43. The molecule has 0 bridgehead atoms. The van der Waals surface area contributed by atoms with Gasteiger partial charge in [-0.05, 0) is 12.1 Å². The van der Waals surface area contributed by atoms with Crippen LogP contribution in [0.3, 0.4) is 0 Å². The zero-order valence-electron chi connectivity index (χ0n) is 10.7. The Morgan fingerprint density at radius 3 is 3.05 bits per heavy atom.